The van der Waals surface area contributed by atoms with Gasteiger partial charge in [0.15, 0.2) is 0 Å². The smallest absolute Gasteiger partial charge is 0.0449 e. The number of rotatable bonds is 12. The highest BCUT2D eigenvalue weighted by molar-refractivity contribution is 7.24. The summed E-state index contributed by atoms with van der Waals surface area (Å²) in [6, 6.07) is 27.7. The van der Waals surface area contributed by atoms with Crippen LogP contribution in [0.3, 0.4) is 0 Å². The molecule has 4 heteroatoms. The van der Waals surface area contributed by atoms with Crippen LogP contribution in [0.1, 0.15) is 79.5 Å². The van der Waals surface area contributed by atoms with Crippen LogP contribution < -0.4 is 0 Å². The van der Waals surface area contributed by atoms with Gasteiger partial charge in [-0.15, -0.1) is 45.3 Å². The Morgan fingerprint density at radius 2 is 1.13 bits per heavy atom. The van der Waals surface area contributed by atoms with Gasteiger partial charge < -0.3 is 0 Å². The van der Waals surface area contributed by atoms with Gasteiger partial charge in [-0.2, -0.15) is 0 Å². The first-order chi connectivity index (χ1) is 18.5. The molecule has 0 aliphatic rings. The fraction of sp³-hybridized carbons (Fsp3) is 0.353. The van der Waals surface area contributed by atoms with Gasteiger partial charge >= 0.3 is 0 Å². The Bertz CT molecular complexity index is 1440. The minimum atomic E-state index is 0.0534. The quantitative estimate of drug-likeness (QED) is 0.130. The highest BCUT2D eigenvalue weighted by Crippen LogP contribution is 2.48. The molecule has 0 amide bonds. The predicted molar refractivity (Wildman–Crippen MR) is 175 cm³/mol. The predicted octanol–water partition coefficient (Wildman–Crippen LogP) is 12.5. The zero-order valence-electron chi connectivity index (χ0n) is 23.0. The van der Waals surface area contributed by atoms with Gasteiger partial charge in [0.25, 0.3) is 0 Å². The Morgan fingerprint density at radius 1 is 0.553 bits per heavy atom. The van der Waals surface area contributed by atoms with Crippen LogP contribution in [0.15, 0.2) is 72.8 Å². The zero-order chi connectivity index (χ0) is 26.5. The van der Waals surface area contributed by atoms with E-state index in [1.165, 1.54) is 95.1 Å². The van der Waals surface area contributed by atoms with Crippen LogP contribution in [-0.2, 0) is 11.8 Å². The Hall–Kier alpha value is -1.98. The Morgan fingerprint density at radius 3 is 1.79 bits per heavy atom. The fourth-order valence-corrected chi connectivity index (χ4v) is 9.81. The van der Waals surface area contributed by atoms with Crippen LogP contribution in [0.5, 0.6) is 0 Å². The second kappa shape index (κ2) is 12.5. The molecule has 0 saturated carbocycles. The summed E-state index contributed by atoms with van der Waals surface area (Å²) in [6.07, 6.45) is 8.89. The first-order valence-electron chi connectivity index (χ1n) is 14.0. The molecule has 5 rings (SSSR count). The third-order valence-electron chi connectivity index (χ3n) is 7.42. The number of hydrogen-bond donors (Lipinski definition) is 0. The molecule has 38 heavy (non-hydrogen) atoms. The molecule has 0 aliphatic heterocycles. The van der Waals surface area contributed by atoms with Crippen molar-refractivity contribution in [1.29, 1.82) is 0 Å². The van der Waals surface area contributed by atoms with Gasteiger partial charge in [-0.25, -0.2) is 0 Å². The summed E-state index contributed by atoms with van der Waals surface area (Å²) in [5.74, 6) is 0. The molecule has 0 nitrogen and oxygen atoms in total. The van der Waals surface area contributed by atoms with Crippen LogP contribution in [0, 0.1) is 6.92 Å². The molecule has 5 aromatic rings. The molecule has 0 N–H and O–H groups in total. The van der Waals surface area contributed by atoms with Crippen molar-refractivity contribution < 1.29 is 0 Å². The Kier molecular flexibility index (Phi) is 9.05. The van der Waals surface area contributed by atoms with Crippen LogP contribution >= 0.6 is 45.3 Å². The van der Waals surface area contributed by atoms with Crippen LogP contribution in [0.2, 0.25) is 0 Å². The number of benzene rings is 1. The first kappa shape index (κ1) is 27.6. The molecule has 1 atom stereocenters. The van der Waals surface area contributed by atoms with Gasteiger partial charge in [0.05, 0.1) is 0 Å². The lowest BCUT2D eigenvalue weighted by molar-refractivity contribution is 0.531. The van der Waals surface area contributed by atoms with Crippen molar-refractivity contribution in [3.8, 4) is 29.9 Å². The van der Waals surface area contributed by atoms with Crippen LogP contribution in [-0.4, -0.2) is 0 Å². The third kappa shape index (κ3) is 6.09. The van der Waals surface area contributed by atoms with Gasteiger partial charge in [-0.05, 0) is 87.2 Å². The van der Waals surface area contributed by atoms with E-state index < -0.39 is 0 Å². The molecule has 4 aromatic heterocycles. The number of aryl methyl sites for hydroxylation is 2. The number of unbranched alkanes of at least 4 members (excludes halogenated alkanes) is 3. The van der Waals surface area contributed by atoms with Gasteiger partial charge in [0, 0.05) is 44.4 Å². The lowest BCUT2D eigenvalue weighted by Crippen LogP contribution is -2.20. The van der Waals surface area contributed by atoms with E-state index >= 15 is 0 Å². The van der Waals surface area contributed by atoms with Crippen LogP contribution in [0.4, 0.5) is 0 Å². The van der Waals surface area contributed by atoms with E-state index in [1.54, 1.807) is 0 Å². The third-order valence-corrected chi connectivity index (χ3v) is 12.8. The fourth-order valence-electron chi connectivity index (χ4n) is 5.12. The molecule has 0 saturated heterocycles. The maximum atomic E-state index is 2.46. The van der Waals surface area contributed by atoms with E-state index in [-0.39, 0.29) is 5.41 Å². The highest BCUT2D eigenvalue weighted by Gasteiger charge is 2.32. The highest BCUT2D eigenvalue weighted by atomic mass is 32.1. The summed E-state index contributed by atoms with van der Waals surface area (Å²) >= 11 is 7.88. The van der Waals surface area contributed by atoms with Crippen molar-refractivity contribution >= 4 is 45.3 Å². The van der Waals surface area contributed by atoms with Gasteiger partial charge in [-0.1, -0.05) is 69.4 Å². The molecular formula is C34H38S4. The van der Waals surface area contributed by atoms with Gasteiger partial charge in [0.1, 0.15) is 0 Å². The van der Waals surface area contributed by atoms with Crippen molar-refractivity contribution in [3.05, 3.63) is 93.0 Å². The van der Waals surface area contributed by atoms with Gasteiger partial charge in [-0.3, -0.25) is 0 Å². The summed E-state index contributed by atoms with van der Waals surface area (Å²) in [5, 5.41) is 0. The topological polar surface area (TPSA) is 0 Å². The summed E-state index contributed by atoms with van der Waals surface area (Å²) in [6.45, 7) is 9.21. The summed E-state index contributed by atoms with van der Waals surface area (Å²) < 4.78 is 0. The lowest BCUT2D eigenvalue weighted by Gasteiger charge is -2.27. The van der Waals surface area contributed by atoms with Crippen molar-refractivity contribution in [2.75, 3.05) is 0 Å². The van der Waals surface area contributed by atoms with E-state index in [1.807, 2.05) is 45.3 Å². The molecule has 1 aromatic carbocycles. The Labute approximate surface area is 245 Å². The van der Waals surface area contributed by atoms with Crippen molar-refractivity contribution in [2.45, 2.75) is 78.1 Å². The second-order valence-corrected chi connectivity index (χ2v) is 14.9. The van der Waals surface area contributed by atoms with E-state index in [4.69, 9.17) is 0 Å². The summed E-state index contributed by atoms with van der Waals surface area (Å²) in [7, 11) is 0. The number of thiophene rings is 4. The average molecular weight is 575 g/mol. The molecule has 0 bridgehead atoms. The monoisotopic (exact) mass is 574 g/mol. The van der Waals surface area contributed by atoms with Crippen molar-refractivity contribution in [2.24, 2.45) is 0 Å². The molecule has 0 radical (unpaired) electrons. The van der Waals surface area contributed by atoms with E-state index in [0.717, 1.165) is 0 Å². The molecular weight excluding hydrogens is 537 g/mol. The molecule has 0 spiro atoms. The standard InChI is InChI=1S/C34H38S4/c1-5-7-8-9-10-26-15-16-28(35-26)30-19-21-32(37-30)34(4,23-6-2)33-22-20-31(38-33)29-18-17-27(36-29)25-13-11-24(3)12-14-25/h11-22H,5-10,23H2,1-4H3. The SMILES string of the molecule is CCCCCCc1ccc(-c2ccc(C(C)(CCC)c3ccc(-c4ccc(-c5ccc(C)cc5)s4)s3)s2)s1. The van der Waals surface area contributed by atoms with E-state index in [9.17, 15) is 0 Å². The largest absolute Gasteiger partial charge is 0.139 e. The lowest BCUT2D eigenvalue weighted by atomic mass is 9.82. The van der Waals surface area contributed by atoms with Crippen molar-refractivity contribution in [3.63, 3.8) is 0 Å². The minimum Gasteiger partial charge on any atom is -0.139 e. The average Bonchev–Trinajstić information content (AvgIpc) is 3.73. The maximum absolute atomic E-state index is 2.46. The zero-order valence-corrected chi connectivity index (χ0v) is 26.3. The minimum absolute atomic E-state index is 0.0534. The summed E-state index contributed by atoms with van der Waals surface area (Å²) in [5.41, 5.74) is 2.67. The molecule has 198 valence electrons. The van der Waals surface area contributed by atoms with E-state index in [0.29, 0.717) is 0 Å². The molecule has 4 heterocycles. The molecule has 1 unspecified atom stereocenters. The molecule has 0 aliphatic carbocycles. The van der Waals surface area contributed by atoms with Crippen molar-refractivity contribution in [1.82, 2.24) is 0 Å². The van der Waals surface area contributed by atoms with Gasteiger partial charge in [0.2, 0.25) is 0 Å². The molecule has 0 fully saturated rings. The first-order valence-corrected chi connectivity index (χ1v) is 17.2. The Balaban J connectivity index is 1.36. The summed E-state index contributed by atoms with van der Waals surface area (Å²) in [4.78, 5) is 11.5. The normalized spacial score (nSPS) is 13.2. The van der Waals surface area contributed by atoms with E-state index in [2.05, 4.69) is 100 Å². The maximum Gasteiger partial charge on any atom is 0.0449 e. The van der Waals surface area contributed by atoms with Crippen LogP contribution in [0.25, 0.3) is 29.9 Å². The number of hydrogen-bond acceptors (Lipinski definition) is 4. The second-order valence-electron chi connectivity index (χ2n) is 10.5.